The van der Waals surface area contributed by atoms with Crippen LogP contribution in [-0.4, -0.2) is 14.5 Å². The van der Waals surface area contributed by atoms with Crippen LogP contribution in [0.15, 0.2) is 79.1 Å². The number of aliphatic hydroxyl groups excluding tert-OH is 1. The normalized spacial score (nSPS) is 11.0. The van der Waals surface area contributed by atoms with Crippen molar-refractivity contribution in [1.82, 2.24) is 9.38 Å². The monoisotopic (exact) mass is 300 g/mol. The van der Waals surface area contributed by atoms with Crippen molar-refractivity contribution >= 4 is 5.65 Å². The molecular weight excluding hydrogens is 284 g/mol. The summed E-state index contributed by atoms with van der Waals surface area (Å²) in [6, 6.07) is 22.6. The number of aliphatic hydroxyl groups is 1. The number of nitrogens with zero attached hydrogens (tertiary/aromatic N) is 2. The Kier molecular flexibility index (Phi) is 3.41. The highest BCUT2D eigenvalue weighted by molar-refractivity contribution is 5.69. The van der Waals surface area contributed by atoms with E-state index >= 15 is 0 Å². The van der Waals surface area contributed by atoms with E-state index in [2.05, 4.69) is 41.4 Å². The van der Waals surface area contributed by atoms with E-state index in [4.69, 9.17) is 0 Å². The number of rotatable bonds is 3. The molecule has 112 valence electrons. The molecule has 0 spiro atoms. The van der Waals surface area contributed by atoms with E-state index in [1.54, 1.807) is 0 Å². The van der Waals surface area contributed by atoms with E-state index in [-0.39, 0.29) is 6.61 Å². The highest BCUT2D eigenvalue weighted by Crippen LogP contribution is 2.24. The van der Waals surface area contributed by atoms with Crippen molar-refractivity contribution in [3.63, 3.8) is 0 Å². The molecule has 0 unspecified atom stereocenters. The van der Waals surface area contributed by atoms with Crippen LogP contribution in [0.1, 0.15) is 5.56 Å². The Balaban J connectivity index is 1.70. The molecule has 1 N–H and O–H groups in total. The molecular formula is C20H16N2O. The summed E-state index contributed by atoms with van der Waals surface area (Å²) in [5.74, 6) is 0. The Morgan fingerprint density at radius 3 is 2.26 bits per heavy atom. The van der Waals surface area contributed by atoms with Crippen LogP contribution in [0, 0.1) is 0 Å². The number of imidazole rings is 1. The van der Waals surface area contributed by atoms with Crippen molar-refractivity contribution in [3.8, 4) is 22.4 Å². The van der Waals surface area contributed by atoms with E-state index in [0.29, 0.717) is 0 Å². The predicted molar refractivity (Wildman–Crippen MR) is 92.0 cm³/mol. The minimum Gasteiger partial charge on any atom is -0.392 e. The van der Waals surface area contributed by atoms with Gasteiger partial charge in [0.25, 0.3) is 0 Å². The van der Waals surface area contributed by atoms with Crippen LogP contribution in [0.3, 0.4) is 0 Å². The smallest absolute Gasteiger partial charge is 0.137 e. The number of hydrogen-bond acceptors (Lipinski definition) is 2. The van der Waals surface area contributed by atoms with Crippen LogP contribution >= 0.6 is 0 Å². The fourth-order valence-corrected chi connectivity index (χ4v) is 2.73. The predicted octanol–water partition coefficient (Wildman–Crippen LogP) is 4.16. The van der Waals surface area contributed by atoms with E-state index in [0.717, 1.165) is 22.5 Å². The lowest BCUT2D eigenvalue weighted by molar-refractivity contribution is 0.282. The number of fused-ring (bicyclic) bond motifs is 1. The summed E-state index contributed by atoms with van der Waals surface area (Å²) in [5.41, 5.74) is 6.13. The van der Waals surface area contributed by atoms with Gasteiger partial charge in [-0.3, -0.25) is 0 Å². The van der Waals surface area contributed by atoms with Gasteiger partial charge < -0.3 is 9.51 Å². The molecule has 0 atom stereocenters. The summed E-state index contributed by atoms with van der Waals surface area (Å²) in [4.78, 5) is 4.65. The zero-order valence-corrected chi connectivity index (χ0v) is 12.6. The van der Waals surface area contributed by atoms with Gasteiger partial charge in [0, 0.05) is 18.0 Å². The number of hydrogen-bond donors (Lipinski definition) is 1. The maximum absolute atomic E-state index is 9.22. The first-order valence-corrected chi connectivity index (χ1v) is 7.58. The first kappa shape index (κ1) is 13.7. The maximum Gasteiger partial charge on any atom is 0.137 e. The van der Waals surface area contributed by atoms with Gasteiger partial charge in [-0.05, 0) is 28.8 Å². The topological polar surface area (TPSA) is 37.5 Å². The second-order valence-electron chi connectivity index (χ2n) is 5.53. The molecule has 3 heteroatoms. The Morgan fingerprint density at radius 1 is 0.826 bits per heavy atom. The van der Waals surface area contributed by atoms with Gasteiger partial charge in [0.05, 0.1) is 12.3 Å². The first-order valence-electron chi connectivity index (χ1n) is 7.58. The van der Waals surface area contributed by atoms with E-state index in [1.807, 2.05) is 47.1 Å². The van der Waals surface area contributed by atoms with Crippen LogP contribution in [0.4, 0.5) is 0 Å². The summed E-state index contributed by atoms with van der Waals surface area (Å²) < 4.78 is 1.97. The molecule has 2 heterocycles. The van der Waals surface area contributed by atoms with Crippen molar-refractivity contribution in [2.45, 2.75) is 6.61 Å². The van der Waals surface area contributed by atoms with Gasteiger partial charge in [0.1, 0.15) is 5.65 Å². The third kappa shape index (κ3) is 2.62. The summed E-state index contributed by atoms with van der Waals surface area (Å²) in [6.45, 7) is 0.0322. The largest absolute Gasteiger partial charge is 0.392 e. The highest BCUT2D eigenvalue weighted by atomic mass is 16.3. The van der Waals surface area contributed by atoms with Gasteiger partial charge in [-0.25, -0.2) is 4.98 Å². The SMILES string of the molecule is OCc1ccn2cc(-c3ccc(-c4ccccc4)cc3)nc2c1. The van der Waals surface area contributed by atoms with Crippen LogP contribution in [0.5, 0.6) is 0 Å². The number of aromatic nitrogens is 2. The maximum atomic E-state index is 9.22. The lowest BCUT2D eigenvalue weighted by Gasteiger charge is -2.02. The van der Waals surface area contributed by atoms with E-state index in [1.165, 1.54) is 11.1 Å². The fraction of sp³-hybridized carbons (Fsp3) is 0.0500. The Bertz CT molecular complexity index is 940. The van der Waals surface area contributed by atoms with E-state index < -0.39 is 0 Å². The quantitative estimate of drug-likeness (QED) is 0.617. The lowest BCUT2D eigenvalue weighted by Crippen LogP contribution is -1.87. The van der Waals surface area contributed by atoms with Gasteiger partial charge in [0.2, 0.25) is 0 Å². The van der Waals surface area contributed by atoms with Crippen LogP contribution in [0.25, 0.3) is 28.0 Å². The summed E-state index contributed by atoms with van der Waals surface area (Å²) in [7, 11) is 0. The number of benzene rings is 2. The minimum absolute atomic E-state index is 0.0322. The summed E-state index contributed by atoms with van der Waals surface area (Å²) in [6.07, 6.45) is 3.93. The molecule has 0 aliphatic heterocycles. The molecule has 0 bridgehead atoms. The van der Waals surface area contributed by atoms with Gasteiger partial charge in [-0.2, -0.15) is 0 Å². The second-order valence-corrected chi connectivity index (χ2v) is 5.53. The molecule has 0 saturated heterocycles. The molecule has 4 rings (SSSR count). The van der Waals surface area contributed by atoms with Gasteiger partial charge in [-0.15, -0.1) is 0 Å². The molecule has 2 aromatic heterocycles. The molecule has 0 saturated carbocycles. The van der Waals surface area contributed by atoms with Crippen molar-refractivity contribution in [1.29, 1.82) is 0 Å². The molecule has 4 aromatic rings. The molecule has 0 aliphatic rings. The molecule has 3 nitrogen and oxygen atoms in total. The Labute approximate surface area is 134 Å². The standard InChI is InChI=1S/C20H16N2O/c23-14-15-10-11-22-13-19(21-20(22)12-15)18-8-6-17(7-9-18)16-4-2-1-3-5-16/h1-13,23H,14H2. The number of pyridine rings is 1. The van der Waals surface area contributed by atoms with Crippen LogP contribution in [-0.2, 0) is 6.61 Å². The lowest BCUT2D eigenvalue weighted by atomic mass is 10.0. The van der Waals surface area contributed by atoms with Crippen molar-refractivity contribution in [3.05, 3.63) is 84.7 Å². The molecule has 23 heavy (non-hydrogen) atoms. The fourth-order valence-electron chi connectivity index (χ4n) is 2.73. The Hall–Kier alpha value is -2.91. The third-order valence-electron chi connectivity index (χ3n) is 3.99. The Morgan fingerprint density at radius 2 is 1.52 bits per heavy atom. The zero-order chi connectivity index (χ0) is 15.6. The van der Waals surface area contributed by atoms with Crippen molar-refractivity contribution in [2.75, 3.05) is 0 Å². The first-order chi connectivity index (χ1) is 11.3. The van der Waals surface area contributed by atoms with Crippen LogP contribution in [0.2, 0.25) is 0 Å². The van der Waals surface area contributed by atoms with Crippen molar-refractivity contribution in [2.24, 2.45) is 0 Å². The van der Waals surface area contributed by atoms with Gasteiger partial charge in [0.15, 0.2) is 0 Å². The average Bonchev–Trinajstić information content (AvgIpc) is 3.05. The van der Waals surface area contributed by atoms with Gasteiger partial charge in [-0.1, -0.05) is 54.6 Å². The highest BCUT2D eigenvalue weighted by Gasteiger charge is 2.05. The molecule has 0 radical (unpaired) electrons. The minimum atomic E-state index is 0.0322. The molecule has 0 amide bonds. The van der Waals surface area contributed by atoms with Crippen LogP contribution < -0.4 is 0 Å². The second kappa shape index (κ2) is 5.71. The van der Waals surface area contributed by atoms with E-state index in [9.17, 15) is 5.11 Å². The zero-order valence-electron chi connectivity index (χ0n) is 12.6. The molecule has 0 fully saturated rings. The third-order valence-corrected chi connectivity index (χ3v) is 3.99. The van der Waals surface area contributed by atoms with Crippen molar-refractivity contribution < 1.29 is 5.11 Å². The summed E-state index contributed by atoms with van der Waals surface area (Å²) >= 11 is 0. The molecule has 2 aromatic carbocycles. The average molecular weight is 300 g/mol. The molecule has 0 aliphatic carbocycles. The van der Waals surface area contributed by atoms with Gasteiger partial charge >= 0.3 is 0 Å². The summed E-state index contributed by atoms with van der Waals surface area (Å²) in [5, 5.41) is 9.22.